The van der Waals surface area contributed by atoms with Crippen molar-refractivity contribution in [2.24, 2.45) is 0 Å². The van der Waals surface area contributed by atoms with E-state index in [2.05, 4.69) is 4.98 Å². The molecule has 6 heteroatoms. The lowest BCUT2D eigenvalue weighted by Crippen LogP contribution is -2.50. The molecule has 0 aliphatic carbocycles. The molecule has 1 aromatic carbocycles. The van der Waals surface area contributed by atoms with E-state index >= 15 is 0 Å². The van der Waals surface area contributed by atoms with Gasteiger partial charge in [-0.1, -0.05) is 18.2 Å². The largest absolute Gasteiger partial charge is 0.490 e. The zero-order valence-corrected chi connectivity index (χ0v) is 15.1. The van der Waals surface area contributed by atoms with Crippen molar-refractivity contribution in [1.82, 2.24) is 9.88 Å². The van der Waals surface area contributed by atoms with Gasteiger partial charge in [0.15, 0.2) is 0 Å². The monoisotopic (exact) mass is 356 g/mol. The molecule has 2 aromatic rings. The minimum Gasteiger partial charge on any atom is -0.490 e. The number of nitrogens with zero attached hydrogens (tertiary/aromatic N) is 2. The van der Waals surface area contributed by atoms with E-state index in [4.69, 9.17) is 9.47 Å². The fourth-order valence-electron chi connectivity index (χ4n) is 2.99. The van der Waals surface area contributed by atoms with Crippen LogP contribution >= 0.6 is 0 Å². The van der Waals surface area contributed by atoms with E-state index in [0.717, 1.165) is 11.1 Å². The number of carbonyl (C=O) groups excluding carboxylic acids is 1. The molecule has 0 radical (unpaired) electrons. The third-order valence-corrected chi connectivity index (χ3v) is 4.49. The molecular weight excluding hydrogens is 332 g/mol. The number of pyridine rings is 1. The second kappa shape index (κ2) is 7.85. The zero-order valence-electron chi connectivity index (χ0n) is 15.1. The van der Waals surface area contributed by atoms with Gasteiger partial charge in [-0.2, -0.15) is 0 Å². The summed E-state index contributed by atoms with van der Waals surface area (Å²) in [5.74, 6) is 0.581. The molecule has 138 valence electrons. The summed E-state index contributed by atoms with van der Waals surface area (Å²) in [5, 5.41) is 11.0. The summed E-state index contributed by atoms with van der Waals surface area (Å²) in [6, 6.07) is 9.33. The van der Waals surface area contributed by atoms with Crippen LogP contribution in [0, 0.1) is 13.8 Å². The summed E-state index contributed by atoms with van der Waals surface area (Å²) in [7, 11) is 0. The highest BCUT2D eigenvalue weighted by Crippen LogP contribution is 2.21. The standard InChI is InChI=1S/C20H24N2O4/c1-15-5-3-4-6-18(15)26-14-20(24)12-22(9-10-25-13-20)19(23)17-7-8-21-11-16(17)2/h3-8,11,24H,9-10,12-14H2,1-2H3/t20-/m1/s1. The lowest BCUT2D eigenvalue weighted by atomic mass is 10.0. The highest BCUT2D eigenvalue weighted by Gasteiger charge is 2.36. The van der Waals surface area contributed by atoms with Crippen LogP contribution in [0.15, 0.2) is 42.7 Å². The quantitative estimate of drug-likeness (QED) is 0.907. The first-order valence-electron chi connectivity index (χ1n) is 8.67. The number of aromatic nitrogens is 1. The lowest BCUT2D eigenvalue weighted by molar-refractivity contribution is -0.0622. The summed E-state index contributed by atoms with van der Waals surface area (Å²) < 4.78 is 11.4. The average Bonchev–Trinajstić information content (AvgIpc) is 2.83. The number of rotatable bonds is 4. The molecule has 1 aliphatic heterocycles. The maximum atomic E-state index is 12.9. The van der Waals surface area contributed by atoms with Gasteiger partial charge in [-0.25, -0.2) is 0 Å². The van der Waals surface area contributed by atoms with E-state index in [1.807, 2.05) is 38.1 Å². The normalized spacial score (nSPS) is 20.5. The number of amides is 1. The van der Waals surface area contributed by atoms with E-state index in [9.17, 15) is 9.90 Å². The van der Waals surface area contributed by atoms with Crippen LogP contribution in [-0.2, 0) is 4.74 Å². The molecule has 0 saturated carbocycles. The Hall–Kier alpha value is -2.44. The van der Waals surface area contributed by atoms with Gasteiger partial charge in [-0.15, -0.1) is 0 Å². The molecule has 1 fully saturated rings. The van der Waals surface area contributed by atoms with Crippen molar-refractivity contribution in [2.75, 3.05) is 32.9 Å². The maximum absolute atomic E-state index is 12.9. The van der Waals surface area contributed by atoms with Gasteiger partial charge in [0.1, 0.15) is 18.0 Å². The van der Waals surface area contributed by atoms with Crippen LogP contribution in [0.2, 0.25) is 0 Å². The number of para-hydroxylation sites is 1. The number of aliphatic hydroxyl groups is 1. The van der Waals surface area contributed by atoms with E-state index in [1.165, 1.54) is 0 Å². The number of hydrogen-bond donors (Lipinski definition) is 1. The fraction of sp³-hybridized carbons (Fsp3) is 0.400. The molecule has 1 N–H and O–H groups in total. The molecule has 0 bridgehead atoms. The summed E-state index contributed by atoms with van der Waals surface area (Å²) >= 11 is 0. The van der Waals surface area contributed by atoms with Crippen molar-refractivity contribution in [3.63, 3.8) is 0 Å². The second-order valence-electron chi connectivity index (χ2n) is 6.75. The van der Waals surface area contributed by atoms with E-state index < -0.39 is 5.60 Å². The molecule has 3 rings (SSSR count). The van der Waals surface area contributed by atoms with Crippen molar-refractivity contribution in [3.05, 3.63) is 59.4 Å². The first kappa shape index (κ1) is 18.4. The Bertz CT molecular complexity index is 780. The Labute approximate surface area is 153 Å². The number of carbonyl (C=O) groups is 1. The molecule has 1 saturated heterocycles. The van der Waals surface area contributed by atoms with Gasteiger partial charge in [0.25, 0.3) is 5.91 Å². The molecule has 0 unspecified atom stereocenters. The average molecular weight is 356 g/mol. The Kier molecular flexibility index (Phi) is 5.54. The Morgan fingerprint density at radius 3 is 2.88 bits per heavy atom. The summed E-state index contributed by atoms with van der Waals surface area (Å²) in [6.45, 7) is 4.93. The van der Waals surface area contributed by atoms with Crippen LogP contribution in [0.5, 0.6) is 5.75 Å². The highest BCUT2D eigenvalue weighted by molar-refractivity contribution is 5.95. The third kappa shape index (κ3) is 4.20. The van der Waals surface area contributed by atoms with Crippen LogP contribution in [0.1, 0.15) is 21.5 Å². The van der Waals surface area contributed by atoms with E-state index in [-0.39, 0.29) is 25.7 Å². The van der Waals surface area contributed by atoms with Crippen molar-refractivity contribution >= 4 is 5.91 Å². The Morgan fingerprint density at radius 1 is 1.31 bits per heavy atom. The molecule has 1 aromatic heterocycles. The van der Waals surface area contributed by atoms with Crippen molar-refractivity contribution in [2.45, 2.75) is 19.4 Å². The first-order chi connectivity index (χ1) is 12.5. The zero-order chi connectivity index (χ0) is 18.6. The predicted octanol–water partition coefficient (Wildman–Crippen LogP) is 1.98. The molecule has 26 heavy (non-hydrogen) atoms. The van der Waals surface area contributed by atoms with Crippen LogP contribution in [0.3, 0.4) is 0 Å². The number of aryl methyl sites for hydroxylation is 2. The van der Waals surface area contributed by atoms with Gasteiger partial charge in [0.05, 0.1) is 19.8 Å². The smallest absolute Gasteiger partial charge is 0.254 e. The maximum Gasteiger partial charge on any atom is 0.254 e. The number of β-amino-alcohol motifs (C(OH)–C–C–N with tert-alkyl or cyclic N) is 1. The van der Waals surface area contributed by atoms with Gasteiger partial charge >= 0.3 is 0 Å². The minimum absolute atomic E-state index is 0.0525. The molecule has 2 heterocycles. The molecule has 6 nitrogen and oxygen atoms in total. The SMILES string of the molecule is Cc1ccccc1OC[C@]1(O)COCCN(C(=O)c2ccncc2C)C1. The Morgan fingerprint density at radius 2 is 2.12 bits per heavy atom. The van der Waals surface area contributed by atoms with Crippen LogP contribution in [0.4, 0.5) is 0 Å². The van der Waals surface area contributed by atoms with E-state index in [0.29, 0.717) is 24.5 Å². The summed E-state index contributed by atoms with van der Waals surface area (Å²) in [4.78, 5) is 18.5. The van der Waals surface area contributed by atoms with Gasteiger partial charge in [0.2, 0.25) is 0 Å². The fourth-order valence-corrected chi connectivity index (χ4v) is 2.99. The third-order valence-electron chi connectivity index (χ3n) is 4.49. The van der Waals surface area contributed by atoms with Gasteiger partial charge < -0.3 is 19.5 Å². The van der Waals surface area contributed by atoms with Gasteiger partial charge in [0, 0.05) is 24.5 Å². The number of hydrogen-bond acceptors (Lipinski definition) is 5. The van der Waals surface area contributed by atoms with Gasteiger partial charge in [-0.3, -0.25) is 9.78 Å². The minimum atomic E-state index is -1.27. The molecule has 1 atom stereocenters. The van der Waals surface area contributed by atoms with Crippen LogP contribution < -0.4 is 4.74 Å². The summed E-state index contributed by atoms with van der Waals surface area (Å²) in [6.07, 6.45) is 3.26. The van der Waals surface area contributed by atoms with E-state index in [1.54, 1.807) is 23.4 Å². The topological polar surface area (TPSA) is 71.9 Å². The van der Waals surface area contributed by atoms with Gasteiger partial charge in [-0.05, 0) is 37.1 Å². The molecule has 1 amide bonds. The highest BCUT2D eigenvalue weighted by atomic mass is 16.5. The Balaban J connectivity index is 1.73. The van der Waals surface area contributed by atoms with Crippen molar-refractivity contribution in [1.29, 1.82) is 0 Å². The number of benzene rings is 1. The molecule has 0 spiro atoms. The first-order valence-corrected chi connectivity index (χ1v) is 8.67. The predicted molar refractivity (Wildman–Crippen MR) is 97.3 cm³/mol. The number of ether oxygens (including phenoxy) is 2. The van der Waals surface area contributed by atoms with Crippen molar-refractivity contribution in [3.8, 4) is 5.75 Å². The molecular formula is C20H24N2O4. The summed E-state index contributed by atoms with van der Waals surface area (Å²) in [5.41, 5.74) is 1.12. The second-order valence-corrected chi connectivity index (χ2v) is 6.75. The van der Waals surface area contributed by atoms with Crippen LogP contribution in [-0.4, -0.2) is 59.4 Å². The lowest BCUT2D eigenvalue weighted by Gasteiger charge is -2.31. The molecule has 1 aliphatic rings. The van der Waals surface area contributed by atoms with Crippen LogP contribution in [0.25, 0.3) is 0 Å². The van der Waals surface area contributed by atoms with Crippen molar-refractivity contribution < 1.29 is 19.4 Å².